The summed E-state index contributed by atoms with van der Waals surface area (Å²) in [5, 5.41) is 3.02. The second kappa shape index (κ2) is 8.45. The van der Waals surface area contributed by atoms with Gasteiger partial charge in [0.1, 0.15) is 17.3 Å². The number of hydrogen-bond donors (Lipinski definition) is 1. The summed E-state index contributed by atoms with van der Waals surface area (Å²) in [5.74, 6) is 0.923. The van der Waals surface area contributed by atoms with Crippen molar-refractivity contribution in [2.45, 2.75) is 18.3 Å². The van der Waals surface area contributed by atoms with Crippen LogP contribution in [-0.4, -0.2) is 19.1 Å². The summed E-state index contributed by atoms with van der Waals surface area (Å²) in [6.07, 6.45) is 1.09. The van der Waals surface area contributed by atoms with Crippen molar-refractivity contribution in [2.75, 3.05) is 18.5 Å². The molecule has 4 rings (SSSR count). The molecule has 0 saturated carbocycles. The molecule has 1 N–H and O–H groups in total. The van der Waals surface area contributed by atoms with Crippen LogP contribution in [0.2, 0.25) is 0 Å². The fourth-order valence-corrected chi connectivity index (χ4v) is 3.65. The molecule has 148 valence electrons. The normalized spacial score (nSPS) is 15.5. The van der Waals surface area contributed by atoms with Crippen LogP contribution in [0.15, 0.2) is 78.9 Å². The first kappa shape index (κ1) is 19.2. The lowest BCUT2D eigenvalue weighted by atomic mass is 9.73. The maximum Gasteiger partial charge on any atom is 0.235 e. The zero-order valence-corrected chi connectivity index (χ0v) is 15.9. The standard InChI is InChI=1S/C24H22FNO3/c25-19-11-9-18(10-12-19)24(13-15-28-16-14-24)23(27)26-20-5-4-8-22(17-20)29-21-6-2-1-3-7-21/h1-12,17H,13-16H2,(H,26,27). The Hall–Kier alpha value is -3.18. The van der Waals surface area contributed by atoms with Gasteiger partial charge in [-0.05, 0) is 54.8 Å². The molecule has 1 aliphatic rings. The molecular weight excluding hydrogens is 369 g/mol. The molecule has 0 radical (unpaired) electrons. The molecule has 1 fully saturated rings. The molecule has 4 nitrogen and oxygen atoms in total. The molecule has 0 atom stereocenters. The summed E-state index contributed by atoms with van der Waals surface area (Å²) in [6.45, 7) is 0.976. The minimum Gasteiger partial charge on any atom is -0.457 e. The van der Waals surface area contributed by atoms with Gasteiger partial charge in [-0.2, -0.15) is 0 Å². The summed E-state index contributed by atoms with van der Waals surface area (Å²) in [5.41, 5.74) is 0.704. The van der Waals surface area contributed by atoms with Crippen LogP contribution >= 0.6 is 0 Å². The molecule has 3 aromatic carbocycles. The molecular formula is C24H22FNO3. The fourth-order valence-electron chi connectivity index (χ4n) is 3.65. The molecule has 1 saturated heterocycles. The van der Waals surface area contributed by atoms with E-state index in [4.69, 9.17) is 9.47 Å². The van der Waals surface area contributed by atoms with E-state index in [2.05, 4.69) is 5.32 Å². The van der Waals surface area contributed by atoms with Gasteiger partial charge in [0.2, 0.25) is 5.91 Å². The number of para-hydroxylation sites is 1. The van der Waals surface area contributed by atoms with E-state index >= 15 is 0 Å². The summed E-state index contributed by atoms with van der Waals surface area (Å²) in [4.78, 5) is 13.3. The van der Waals surface area contributed by atoms with Crippen LogP contribution in [0.5, 0.6) is 11.5 Å². The van der Waals surface area contributed by atoms with Gasteiger partial charge < -0.3 is 14.8 Å². The Morgan fingerprint density at radius 2 is 1.59 bits per heavy atom. The predicted octanol–water partition coefficient (Wildman–Crippen LogP) is 5.30. The number of ether oxygens (including phenoxy) is 2. The van der Waals surface area contributed by atoms with E-state index in [1.165, 1.54) is 12.1 Å². The van der Waals surface area contributed by atoms with E-state index in [-0.39, 0.29) is 11.7 Å². The summed E-state index contributed by atoms with van der Waals surface area (Å²) >= 11 is 0. The monoisotopic (exact) mass is 391 g/mol. The van der Waals surface area contributed by atoms with Crippen LogP contribution < -0.4 is 10.1 Å². The van der Waals surface area contributed by atoms with Gasteiger partial charge in [0.15, 0.2) is 0 Å². The molecule has 1 aliphatic heterocycles. The van der Waals surface area contributed by atoms with E-state index < -0.39 is 5.41 Å². The van der Waals surface area contributed by atoms with Gasteiger partial charge in [-0.25, -0.2) is 4.39 Å². The lowest BCUT2D eigenvalue weighted by Crippen LogP contribution is -2.44. The quantitative estimate of drug-likeness (QED) is 0.642. The van der Waals surface area contributed by atoms with Crippen LogP contribution in [0.25, 0.3) is 0 Å². The number of carbonyl (C=O) groups excluding carboxylic acids is 1. The minimum atomic E-state index is -0.748. The third-order valence-electron chi connectivity index (χ3n) is 5.25. The third-order valence-corrected chi connectivity index (χ3v) is 5.25. The SMILES string of the molecule is O=C(Nc1cccc(Oc2ccccc2)c1)C1(c2ccc(F)cc2)CCOCC1. The first-order valence-electron chi connectivity index (χ1n) is 9.64. The van der Waals surface area contributed by atoms with Gasteiger partial charge in [0, 0.05) is 25.0 Å². The Morgan fingerprint density at radius 3 is 2.31 bits per heavy atom. The Bertz CT molecular complexity index is 967. The van der Waals surface area contributed by atoms with Crippen molar-refractivity contribution < 1.29 is 18.7 Å². The van der Waals surface area contributed by atoms with Crippen molar-refractivity contribution >= 4 is 11.6 Å². The molecule has 0 aliphatic carbocycles. The van der Waals surface area contributed by atoms with Crippen molar-refractivity contribution in [3.8, 4) is 11.5 Å². The van der Waals surface area contributed by atoms with Crippen molar-refractivity contribution in [3.63, 3.8) is 0 Å². The highest BCUT2D eigenvalue weighted by atomic mass is 19.1. The minimum absolute atomic E-state index is 0.121. The topological polar surface area (TPSA) is 47.6 Å². The average Bonchev–Trinajstić information content (AvgIpc) is 2.76. The second-order valence-corrected chi connectivity index (χ2v) is 7.10. The van der Waals surface area contributed by atoms with Crippen LogP contribution in [-0.2, 0) is 14.9 Å². The highest BCUT2D eigenvalue weighted by Gasteiger charge is 2.41. The van der Waals surface area contributed by atoms with Gasteiger partial charge >= 0.3 is 0 Å². The molecule has 0 unspecified atom stereocenters. The molecule has 3 aromatic rings. The summed E-state index contributed by atoms with van der Waals surface area (Å²) in [7, 11) is 0. The zero-order valence-electron chi connectivity index (χ0n) is 15.9. The van der Waals surface area contributed by atoms with Crippen LogP contribution in [0, 0.1) is 5.82 Å². The van der Waals surface area contributed by atoms with Gasteiger partial charge in [-0.15, -0.1) is 0 Å². The van der Waals surface area contributed by atoms with Crippen LogP contribution in [0.1, 0.15) is 18.4 Å². The highest BCUT2D eigenvalue weighted by Crippen LogP contribution is 2.36. The largest absolute Gasteiger partial charge is 0.457 e. The van der Waals surface area contributed by atoms with E-state index in [0.717, 1.165) is 11.3 Å². The van der Waals surface area contributed by atoms with E-state index in [9.17, 15) is 9.18 Å². The molecule has 5 heteroatoms. The Kier molecular flexibility index (Phi) is 5.58. The maximum absolute atomic E-state index is 13.4. The first-order valence-corrected chi connectivity index (χ1v) is 9.64. The summed E-state index contributed by atoms with van der Waals surface area (Å²) in [6, 6.07) is 22.9. The molecule has 0 aromatic heterocycles. The van der Waals surface area contributed by atoms with Crippen LogP contribution in [0.4, 0.5) is 10.1 Å². The number of halogens is 1. The zero-order chi connectivity index (χ0) is 20.1. The summed E-state index contributed by atoms with van der Waals surface area (Å²) < 4.78 is 24.7. The number of amides is 1. The second-order valence-electron chi connectivity index (χ2n) is 7.10. The van der Waals surface area contributed by atoms with Crippen molar-refractivity contribution in [1.82, 2.24) is 0 Å². The molecule has 1 amide bonds. The third kappa shape index (κ3) is 4.30. The van der Waals surface area contributed by atoms with E-state index in [1.54, 1.807) is 18.2 Å². The molecule has 0 spiro atoms. The lowest BCUT2D eigenvalue weighted by molar-refractivity contribution is -0.125. The number of anilines is 1. The highest BCUT2D eigenvalue weighted by molar-refractivity contribution is 5.99. The number of carbonyl (C=O) groups is 1. The maximum atomic E-state index is 13.4. The van der Waals surface area contributed by atoms with Gasteiger partial charge in [0.25, 0.3) is 0 Å². The number of rotatable bonds is 5. The fraction of sp³-hybridized carbons (Fsp3) is 0.208. The lowest BCUT2D eigenvalue weighted by Gasteiger charge is -2.36. The van der Waals surface area contributed by atoms with E-state index in [0.29, 0.717) is 37.5 Å². The van der Waals surface area contributed by atoms with Crippen molar-refractivity contribution in [1.29, 1.82) is 0 Å². The molecule has 1 heterocycles. The first-order chi connectivity index (χ1) is 14.2. The van der Waals surface area contributed by atoms with Gasteiger partial charge in [-0.1, -0.05) is 36.4 Å². The molecule has 29 heavy (non-hydrogen) atoms. The Balaban J connectivity index is 1.56. The predicted molar refractivity (Wildman–Crippen MR) is 110 cm³/mol. The van der Waals surface area contributed by atoms with Gasteiger partial charge in [-0.3, -0.25) is 4.79 Å². The molecule has 0 bridgehead atoms. The number of nitrogens with one attached hydrogen (secondary N) is 1. The van der Waals surface area contributed by atoms with Crippen molar-refractivity contribution in [3.05, 3.63) is 90.2 Å². The van der Waals surface area contributed by atoms with Crippen molar-refractivity contribution in [2.24, 2.45) is 0 Å². The number of hydrogen-bond acceptors (Lipinski definition) is 3. The average molecular weight is 391 g/mol. The number of benzene rings is 3. The Labute approximate surface area is 169 Å². The Morgan fingerprint density at radius 1 is 0.897 bits per heavy atom. The van der Waals surface area contributed by atoms with Gasteiger partial charge in [0.05, 0.1) is 5.41 Å². The smallest absolute Gasteiger partial charge is 0.235 e. The van der Waals surface area contributed by atoms with E-state index in [1.807, 2.05) is 48.5 Å². The van der Waals surface area contributed by atoms with Crippen LogP contribution in [0.3, 0.4) is 0 Å².